The van der Waals surface area contributed by atoms with Gasteiger partial charge in [-0.2, -0.15) is 0 Å². The molecular weight excluding hydrogens is 571 g/mol. The van der Waals surface area contributed by atoms with Gasteiger partial charge in [0.2, 0.25) is 0 Å². The summed E-state index contributed by atoms with van der Waals surface area (Å²) in [5, 5.41) is 10.1. The normalized spacial score (nSPS) is 13.2. The van der Waals surface area contributed by atoms with Crippen LogP contribution < -0.4 is 16.4 Å². The van der Waals surface area contributed by atoms with Gasteiger partial charge in [0.05, 0.1) is 33.1 Å². The second kappa shape index (κ2) is 8.23. The molecule has 0 radical (unpaired) electrons. The molecule has 1 aliphatic heterocycles. The first-order valence-electron chi connectivity index (χ1n) is 16.4. The molecule has 11 aromatic rings. The summed E-state index contributed by atoms with van der Waals surface area (Å²) in [6.07, 6.45) is 0. The van der Waals surface area contributed by atoms with Crippen LogP contribution in [0.15, 0.2) is 138 Å². The number of furan rings is 1. The summed E-state index contributed by atoms with van der Waals surface area (Å²) in [4.78, 5) is 0. The Hall–Kier alpha value is -6.00. The van der Waals surface area contributed by atoms with Crippen LogP contribution in [0.1, 0.15) is 5.56 Å². The Morgan fingerprint density at radius 1 is 0.489 bits per heavy atom. The van der Waals surface area contributed by atoms with Gasteiger partial charge in [-0.05, 0) is 36.0 Å². The molecular formula is C43H25BN2O. The van der Waals surface area contributed by atoms with Crippen molar-refractivity contribution in [3.63, 3.8) is 0 Å². The highest BCUT2D eigenvalue weighted by atomic mass is 16.3. The van der Waals surface area contributed by atoms with E-state index in [1.165, 1.54) is 92.9 Å². The number of nitrogens with zero attached hydrogens (tertiary/aromatic N) is 2. The molecule has 0 fully saturated rings. The maximum Gasteiger partial charge on any atom is 0.251 e. The minimum atomic E-state index is -0.00372. The van der Waals surface area contributed by atoms with Crippen LogP contribution in [0.25, 0.3) is 87.5 Å². The minimum absolute atomic E-state index is 0.00372. The first kappa shape index (κ1) is 24.3. The topological polar surface area (TPSA) is 22.5 Å². The van der Waals surface area contributed by atoms with Crippen molar-refractivity contribution in [1.82, 2.24) is 8.97 Å². The molecule has 0 unspecified atom stereocenters. The Bertz CT molecular complexity index is 3160. The molecule has 3 nitrogen and oxygen atoms in total. The second-order valence-corrected chi connectivity index (χ2v) is 13.2. The standard InChI is InChI=1S/C43H25BN2O/c1-24-12-2-6-19-31(24)44-32-20-11-17-28-26-14-4-8-22-34(26)46(40(28)32)42-36-30-18-10-16-27-25-13-3-7-21-33(25)45(39(27)30)41(36)37-29-15-5-9-23-35(29)47-43(37)38(42)44/h2-23H,1H3. The van der Waals surface area contributed by atoms with Crippen molar-refractivity contribution in [2.24, 2.45) is 0 Å². The van der Waals surface area contributed by atoms with Gasteiger partial charge in [-0.15, -0.1) is 0 Å². The van der Waals surface area contributed by atoms with Gasteiger partial charge in [0.1, 0.15) is 11.2 Å². The van der Waals surface area contributed by atoms with Crippen LogP contribution in [0.2, 0.25) is 0 Å². The molecule has 12 rings (SSSR count). The number of aromatic nitrogens is 2. The lowest BCUT2D eigenvalue weighted by Gasteiger charge is -2.29. The molecule has 216 valence electrons. The van der Waals surface area contributed by atoms with Crippen molar-refractivity contribution < 1.29 is 4.42 Å². The summed E-state index contributed by atoms with van der Waals surface area (Å²) in [5.41, 5.74) is 14.6. The number of benzene rings is 7. The van der Waals surface area contributed by atoms with Gasteiger partial charge in [-0.3, -0.25) is 0 Å². The highest BCUT2D eigenvalue weighted by Gasteiger charge is 2.40. The number of hydrogen-bond acceptors (Lipinski definition) is 1. The molecule has 1 aliphatic rings. The number of hydrogen-bond donors (Lipinski definition) is 0. The van der Waals surface area contributed by atoms with Crippen molar-refractivity contribution in [2.45, 2.75) is 6.92 Å². The van der Waals surface area contributed by atoms with Gasteiger partial charge in [-0.25, -0.2) is 0 Å². The van der Waals surface area contributed by atoms with Crippen LogP contribution in [-0.2, 0) is 0 Å². The average molecular weight is 596 g/mol. The predicted molar refractivity (Wildman–Crippen MR) is 199 cm³/mol. The molecule has 0 aliphatic carbocycles. The minimum Gasteiger partial charge on any atom is -0.456 e. The van der Waals surface area contributed by atoms with E-state index in [0.29, 0.717) is 0 Å². The van der Waals surface area contributed by atoms with E-state index in [0.717, 1.165) is 16.6 Å². The van der Waals surface area contributed by atoms with Crippen molar-refractivity contribution in [3.05, 3.63) is 139 Å². The third kappa shape index (κ3) is 2.71. The Labute approximate surface area is 269 Å². The van der Waals surface area contributed by atoms with E-state index in [1.807, 2.05) is 0 Å². The lowest BCUT2D eigenvalue weighted by atomic mass is 9.34. The summed E-state index contributed by atoms with van der Waals surface area (Å²) in [6, 6.07) is 49.0. The fourth-order valence-corrected chi connectivity index (χ4v) is 9.28. The molecule has 0 spiro atoms. The van der Waals surface area contributed by atoms with Crippen LogP contribution in [0.3, 0.4) is 0 Å². The van der Waals surface area contributed by atoms with Gasteiger partial charge >= 0.3 is 0 Å². The number of para-hydroxylation sites is 5. The molecule has 0 saturated heterocycles. The lowest BCUT2D eigenvalue weighted by molar-refractivity contribution is 0.671. The van der Waals surface area contributed by atoms with Gasteiger partial charge in [0.15, 0.2) is 0 Å². The third-order valence-electron chi connectivity index (χ3n) is 11.0. The van der Waals surface area contributed by atoms with Gasteiger partial charge < -0.3 is 13.4 Å². The fraction of sp³-hybridized carbons (Fsp3) is 0.0233. The molecule has 7 aromatic carbocycles. The average Bonchev–Trinajstić information content (AvgIpc) is 3.86. The molecule has 4 aromatic heterocycles. The summed E-state index contributed by atoms with van der Waals surface area (Å²) in [6.45, 7) is 2.25. The van der Waals surface area contributed by atoms with Crippen LogP contribution in [-0.4, -0.2) is 15.7 Å². The van der Waals surface area contributed by atoms with Crippen LogP contribution in [0, 0.1) is 6.92 Å². The van der Waals surface area contributed by atoms with Gasteiger partial charge in [0.25, 0.3) is 6.71 Å². The lowest BCUT2D eigenvalue weighted by Crippen LogP contribution is -2.57. The number of fused-ring (bicyclic) bond motifs is 17. The monoisotopic (exact) mass is 596 g/mol. The van der Waals surface area contributed by atoms with E-state index in [1.54, 1.807) is 0 Å². The Kier molecular flexibility index (Phi) is 4.25. The Balaban J connectivity index is 1.47. The van der Waals surface area contributed by atoms with E-state index < -0.39 is 0 Å². The Morgan fingerprint density at radius 3 is 1.96 bits per heavy atom. The maximum absolute atomic E-state index is 7.12. The van der Waals surface area contributed by atoms with Crippen molar-refractivity contribution in [1.29, 1.82) is 0 Å². The fourth-order valence-electron chi connectivity index (χ4n) is 9.28. The van der Waals surface area contributed by atoms with Crippen LogP contribution >= 0.6 is 0 Å². The zero-order valence-electron chi connectivity index (χ0n) is 25.6. The maximum atomic E-state index is 7.12. The molecule has 47 heavy (non-hydrogen) atoms. The summed E-state index contributed by atoms with van der Waals surface area (Å²) >= 11 is 0. The Morgan fingerprint density at radius 2 is 1.11 bits per heavy atom. The van der Waals surface area contributed by atoms with Crippen molar-refractivity contribution >= 4 is 105 Å². The SMILES string of the molecule is Cc1ccccc1B1c2c(c3c4cccc5c6ccccc6n(c54)c3c3c2oc2ccccc23)-n2c3ccccc3c3cccc1c32. The van der Waals surface area contributed by atoms with E-state index in [2.05, 4.69) is 149 Å². The molecule has 4 heteroatoms. The largest absolute Gasteiger partial charge is 0.456 e. The van der Waals surface area contributed by atoms with E-state index in [9.17, 15) is 0 Å². The second-order valence-electron chi connectivity index (χ2n) is 13.2. The first-order chi connectivity index (χ1) is 23.3. The third-order valence-corrected chi connectivity index (χ3v) is 11.0. The molecule has 0 amide bonds. The zero-order chi connectivity index (χ0) is 30.5. The molecule has 0 N–H and O–H groups in total. The van der Waals surface area contributed by atoms with E-state index in [-0.39, 0.29) is 6.71 Å². The van der Waals surface area contributed by atoms with Gasteiger partial charge in [0, 0.05) is 43.2 Å². The highest BCUT2D eigenvalue weighted by Crippen LogP contribution is 2.47. The predicted octanol–water partition coefficient (Wildman–Crippen LogP) is 8.97. The van der Waals surface area contributed by atoms with E-state index >= 15 is 0 Å². The highest BCUT2D eigenvalue weighted by molar-refractivity contribution is 6.99. The molecule has 0 saturated carbocycles. The van der Waals surface area contributed by atoms with Crippen LogP contribution in [0.5, 0.6) is 0 Å². The summed E-state index contributed by atoms with van der Waals surface area (Å²) in [5.74, 6) is 0. The number of rotatable bonds is 1. The molecule has 0 bridgehead atoms. The summed E-state index contributed by atoms with van der Waals surface area (Å²) in [7, 11) is 0. The quantitative estimate of drug-likeness (QED) is 0.174. The van der Waals surface area contributed by atoms with Crippen LogP contribution in [0.4, 0.5) is 0 Å². The van der Waals surface area contributed by atoms with Crippen molar-refractivity contribution in [3.8, 4) is 5.69 Å². The van der Waals surface area contributed by atoms with Gasteiger partial charge in [-0.1, -0.05) is 126 Å². The first-order valence-corrected chi connectivity index (χ1v) is 16.4. The summed E-state index contributed by atoms with van der Waals surface area (Å²) < 4.78 is 12.2. The molecule has 5 heterocycles. The molecule has 0 atom stereocenters. The number of aryl methyl sites for hydroxylation is 1. The smallest absolute Gasteiger partial charge is 0.251 e. The van der Waals surface area contributed by atoms with E-state index in [4.69, 9.17) is 4.42 Å². The zero-order valence-corrected chi connectivity index (χ0v) is 25.6. The van der Waals surface area contributed by atoms with Crippen molar-refractivity contribution in [2.75, 3.05) is 0 Å².